The molecule has 2 unspecified atom stereocenters. The molecule has 1 aromatic rings. The highest BCUT2D eigenvalue weighted by Gasteiger charge is 2.12. The Morgan fingerprint density at radius 3 is 2.67 bits per heavy atom. The SMILES string of the molecule is CC(CCCC(C)C(=O)O)NC(=O)NCc1ccn(C)n1. The first kappa shape index (κ1) is 17.0. The fourth-order valence-electron chi connectivity index (χ4n) is 1.93. The number of urea groups is 1. The molecule has 0 fully saturated rings. The zero-order chi connectivity index (χ0) is 15.8. The van der Waals surface area contributed by atoms with Crippen LogP contribution >= 0.6 is 0 Å². The van der Waals surface area contributed by atoms with Gasteiger partial charge in [-0.15, -0.1) is 0 Å². The van der Waals surface area contributed by atoms with Crippen molar-refractivity contribution in [2.75, 3.05) is 0 Å². The van der Waals surface area contributed by atoms with Crippen LogP contribution in [0.25, 0.3) is 0 Å². The summed E-state index contributed by atoms with van der Waals surface area (Å²) < 4.78 is 1.68. The summed E-state index contributed by atoms with van der Waals surface area (Å²) in [6.07, 6.45) is 3.97. The predicted octanol–water partition coefficient (Wildman–Crippen LogP) is 1.50. The Balaban J connectivity index is 2.17. The summed E-state index contributed by atoms with van der Waals surface area (Å²) in [7, 11) is 1.82. The normalized spacial score (nSPS) is 13.5. The number of aryl methyl sites for hydroxylation is 1. The van der Waals surface area contributed by atoms with Gasteiger partial charge in [-0.05, 0) is 25.8 Å². The monoisotopic (exact) mass is 296 g/mol. The van der Waals surface area contributed by atoms with Gasteiger partial charge in [0.1, 0.15) is 0 Å². The highest BCUT2D eigenvalue weighted by Crippen LogP contribution is 2.09. The Hall–Kier alpha value is -2.05. The van der Waals surface area contributed by atoms with Gasteiger partial charge in [0, 0.05) is 19.3 Å². The molecule has 1 heterocycles. The molecular weight excluding hydrogens is 272 g/mol. The number of hydrogen-bond acceptors (Lipinski definition) is 3. The van der Waals surface area contributed by atoms with Gasteiger partial charge in [0.25, 0.3) is 0 Å². The molecule has 0 aliphatic rings. The minimum atomic E-state index is -0.774. The van der Waals surface area contributed by atoms with Gasteiger partial charge in [0.2, 0.25) is 0 Å². The predicted molar refractivity (Wildman–Crippen MR) is 78.7 cm³/mol. The lowest BCUT2D eigenvalue weighted by Crippen LogP contribution is -2.40. The number of carbonyl (C=O) groups is 2. The number of amides is 2. The second-order valence-corrected chi connectivity index (χ2v) is 5.38. The first-order valence-corrected chi connectivity index (χ1v) is 7.14. The zero-order valence-electron chi connectivity index (χ0n) is 12.8. The molecule has 7 heteroatoms. The lowest BCUT2D eigenvalue weighted by atomic mass is 10.0. The van der Waals surface area contributed by atoms with Crippen molar-refractivity contribution in [1.82, 2.24) is 20.4 Å². The zero-order valence-corrected chi connectivity index (χ0v) is 12.8. The molecule has 1 rings (SSSR count). The van der Waals surface area contributed by atoms with E-state index in [1.54, 1.807) is 11.6 Å². The molecular formula is C14H24N4O3. The van der Waals surface area contributed by atoms with Crippen LogP contribution in [0.5, 0.6) is 0 Å². The Morgan fingerprint density at radius 1 is 1.38 bits per heavy atom. The van der Waals surface area contributed by atoms with Crippen molar-refractivity contribution in [3.05, 3.63) is 18.0 Å². The molecule has 0 saturated carbocycles. The number of nitrogens with zero attached hydrogens (tertiary/aromatic N) is 2. The van der Waals surface area contributed by atoms with E-state index >= 15 is 0 Å². The summed E-state index contributed by atoms with van der Waals surface area (Å²) in [6, 6.07) is 1.62. The smallest absolute Gasteiger partial charge is 0.315 e. The maximum Gasteiger partial charge on any atom is 0.315 e. The summed E-state index contributed by atoms with van der Waals surface area (Å²) in [4.78, 5) is 22.4. The van der Waals surface area contributed by atoms with Gasteiger partial charge in [-0.2, -0.15) is 5.10 Å². The third-order valence-electron chi connectivity index (χ3n) is 3.27. The molecule has 0 aliphatic carbocycles. The van der Waals surface area contributed by atoms with Crippen molar-refractivity contribution in [3.63, 3.8) is 0 Å². The molecule has 7 nitrogen and oxygen atoms in total. The number of carbonyl (C=O) groups excluding carboxylic acids is 1. The number of hydrogen-bond donors (Lipinski definition) is 3. The second kappa shape index (κ2) is 8.28. The van der Waals surface area contributed by atoms with E-state index in [0.717, 1.165) is 18.5 Å². The van der Waals surface area contributed by atoms with Crippen molar-refractivity contribution in [2.24, 2.45) is 13.0 Å². The quantitative estimate of drug-likeness (QED) is 0.677. The standard InChI is InChI=1S/C14H24N4O3/c1-10(13(19)20)5-4-6-11(2)16-14(21)15-9-12-7-8-18(3)17-12/h7-8,10-11H,4-6,9H2,1-3H3,(H,19,20)(H2,15,16,21). The van der Waals surface area contributed by atoms with E-state index in [4.69, 9.17) is 5.11 Å². The van der Waals surface area contributed by atoms with Crippen molar-refractivity contribution in [3.8, 4) is 0 Å². The molecule has 2 atom stereocenters. The molecule has 118 valence electrons. The summed E-state index contributed by atoms with van der Waals surface area (Å²) >= 11 is 0. The average molecular weight is 296 g/mol. The van der Waals surface area contributed by atoms with Gasteiger partial charge in [-0.1, -0.05) is 13.3 Å². The average Bonchev–Trinajstić information content (AvgIpc) is 2.82. The molecule has 0 aliphatic heterocycles. The van der Waals surface area contributed by atoms with Gasteiger partial charge in [0.05, 0.1) is 18.2 Å². The number of nitrogens with one attached hydrogen (secondary N) is 2. The molecule has 0 radical (unpaired) electrons. The molecule has 0 spiro atoms. The largest absolute Gasteiger partial charge is 0.481 e. The Labute approximate surface area is 124 Å². The number of rotatable bonds is 8. The molecule has 2 amide bonds. The number of carboxylic acid groups (broad SMARTS) is 1. The van der Waals surface area contributed by atoms with Gasteiger partial charge < -0.3 is 15.7 Å². The van der Waals surface area contributed by atoms with Crippen LogP contribution in [0.1, 0.15) is 38.8 Å². The minimum Gasteiger partial charge on any atom is -0.481 e. The van der Waals surface area contributed by atoms with Crippen LogP contribution in [0.3, 0.4) is 0 Å². The molecule has 0 bridgehead atoms. The molecule has 0 saturated heterocycles. The fourth-order valence-corrected chi connectivity index (χ4v) is 1.93. The number of aliphatic carboxylic acids is 1. The molecule has 1 aromatic heterocycles. The maximum absolute atomic E-state index is 11.7. The van der Waals surface area contributed by atoms with Crippen LogP contribution in [0.2, 0.25) is 0 Å². The summed E-state index contributed by atoms with van der Waals surface area (Å²) in [5.74, 6) is -1.11. The van der Waals surface area contributed by atoms with E-state index < -0.39 is 5.97 Å². The van der Waals surface area contributed by atoms with E-state index in [0.29, 0.717) is 13.0 Å². The topological polar surface area (TPSA) is 96.3 Å². The van der Waals surface area contributed by atoms with Gasteiger partial charge in [-0.3, -0.25) is 9.48 Å². The Bertz CT molecular complexity index is 473. The Kier molecular flexibility index (Phi) is 6.71. The molecule has 21 heavy (non-hydrogen) atoms. The van der Waals surface area contributed by atoms with Crippen LogP contribution in [0.4, 0.5) is 4.79 Å². The van der Waals surface area contributed by atoms with Crippen molar-refractivity contribution >= 4 is 12.0 Å². The third kappa shape index (κ3) is 6.78. The van der Waals surface area contributed by atoms with E-state index in [2.05, 4.69) is 15.7 Å². The fraction of sp³-hybridized carbons (Fsp3) is 0.643. The van der Waals surface area contributed by atoms with Crippen molar-refractivity contribution in [2.45, 2.75) is 45.7 Å². The second-order valence-electron chi connectivity index (χ2n) is 5.38. The van der Waals surface area contributed by atoms with E-state index in [1.165, 1.54) is 0 Å². The van der Waals surface area contributed by atoms with Gasteiger partial charge in [0.15, 0.2) is 0 Å². The van der Waals surface area contributed by atoms with Crippen molar-refractivity contribution < 1.29 is 14.7 Å². The van der Waals surface area contributed by atoms with Crippen LogP contribution in [0, 0.1) is 5.92 Å². The van der Waals surface area contributed by atoms with Crippen LogP contribution in [-0.4, -0.2) is 32.9 Å². The lowest BCUT2D eigenvalue weighted by Gasteiger charge is -2.15. The van der Waals surface area contributed by atoms with E-state index in [-0.39, 0.29) is 18.0 Å². The van der Waals surface area contributed by atoms with E-state index in [1.807, 2.05) is 26.2 Å². The number of carboxylic acids is 1. The Morgan fingerprint density at radius 2 is 2.10 bits per heavy atom. The lowest BCUT2D eigenvalue weighted by molar-refractivity contribution is -0.141. The molecule has 0 aromatic carbocycles. The van der Waals surface area contributed by atoms with E-state index in [9.17, 15) is 9.59 Å². The maximum atomic E-state index is 11.7. The van der Waals surface area contributed by atoms with Gasteiger partial charge in [-0.25, -0.2) is 4.79 Å². The highest BCUT2D eigenvalue weighted by atomic mass is 16.4. The van der Waals surface area contributed by atoms with Crippen LogP contribution < -0.4 is 10.6 Å². The summed E-state index contributed by atoms with van der Waals surface area (Å²) in [5.41, 5.74) is 0.801. The van der Waals surface area contributed by atoms with Gasteiger partial charge >= 0.3 is 12.0 Å². The summed E-state index contributed by atoms with van der Waals surface area (Å²) in [5, 5.41) is 18.5. The summed E-state index contributed by atoms with van der Waals surface area (Å²) in [6.45, 7) is 3.99. The third-order valence-corrected chi connectivity index (χ3v) is 3.27. The highest BCUT2D eigenvalue weighted by molar-refractivity contribution is 5.74. The minimum absolute atomic E-state index is 0.00901. The van der Waals surface area contributed by atoms with Crippen LogP contribution in [0.15, 0.2) is 12.3 Å². The first-order chi connectivity index (χ1) is 9.88. The number of aromatic nitrogens is 2. The molecule has 3 N–H and O–H groups in total. The van der Waals surface area contributed by atoms with Crippen LogP contribution in [-0.2, 0) is 18.4 Å². The van der Waals surface area contributed by atoms with Crippen molar-refractivity contribution in [1.29, 1.82) is 0 Å². The first-order valence-electron chi connectivity index (χ1n) is 7.14.